The second kappa shape index (κ2) is 18.5. The first-order valence-electron chi connectivity index (χ1n) is 26.5. The van der Waals surface area contributed by atoms with Crippen LogP contribution in [-0.2, 0) is 0 Å². The van der Waals surface area contributed by atoms with E-state index in [1.54, 1.807) is 0 Å². The van der Waals surface area contributed by atoms with Crippen molar-refractivity contribution in [1.29, 1.82) is 0 Å². The summed E-state index contributed by atoms with van der Waals surface area (Å²) in [5.41, 5.74) is 20.2. The fourth-order valence-electron chi connectivity index (χ4n) is 11.8. The number of para-hydroxylation sites is 5. The Morgan fingerprint density at radius 3 is 1.49 bits per heavy atom. The van der Waals surface area contributed by atoms with E-state index in [2.05, 4.69) is 257 Å². The van der Waals surface area contributed by atoms with Gasteiger partial charge in [0.2, 0.25) is 0 Å². The highest BCUT2D eigenvalue weighted by molar-refractivity contribution is 6.12. The normalized spacial score (nSPS) is 13.4. The number of ether oxygens (including phenoxy) is 1. The van der Waals surface area contributed by atoms with Gasteiger partial charge in [-0.25, -0.2) is 0 Å². The number of fused-ring (bicyclic) bond motifs is 10. The maximum absolute atomic E-state index is 6.49. The number of anilines is 3. The van der Waals surface area contributed by atoms with Gasteiger partial charge < -0.3 is 23.2 Å². The first-order valence-corrected chi connectivity index (χ1v) is 26.5. The topological polar surface area (TPSA) is 35.5 Å². The molecule has 4 heterocycles. The van der Waals surface area contributed by atoms with Crippen molar-refractivity contribution in [2.45, 2.75) is 0 Å². The number of benzene rings is 11. The predicted octanol–water partition coefficient (Wildman–Crippen LogP) is 19.8. The zero-order valence-electron chi connectivity index (χ0n) is 42.6. The van der Waals surface area contributed by atoms with Crippen molar-refractivity contribution in [2.24, 2.45) is 0 Å². The largest absolute Gasteiger partial charge is 0.489 e. The van der Waals surface area contributed by atoms with Crippen LogP contribution in [0.4, 0.5) is 17.1 Å². The van der Waals surface area contributed by atoms with Crippen molar-refractivity contribution in [2.75, 3.05) is 11.5 Å². The second-order valence-corrected chi connectivity index (χ2v) is 20.1. The van der Waals surface area contributed by atoms with E-state index in [0.29, 0.717) is 6.61 Å². The summed E-state index contributed by atoms with van der Waals surface area (Å²) >= 11 is 0. The number of hydrogen-bond donors (Lipinski definition) is 0. The molecule has 0 N–H and O–H groups in total. The summed E-state index contributed by atoms with van der Waals surface area (Å²) in [5.74, 6) is 0.772. The Balaban J connectivity index is 0.905. The summed E-state index contributed by atoms with van der Waals surface area (Å²) in [6.45, 7) is 4.83. The van der Waals surface area contributed by atoms with E-state index in [-0.39, 0.29) is 0 Å². The molecule has 0 unspecified atom stereocenters. The summed E-state index contributed by atoms with van der Waals surface area (Å²) in [6, 6.07) is 89.9. The lowest BCUT2D eigenvalue weighted by atomic mass is 9.92. The molecule has 0 saturated heterocycles. The molecule has 0 radical (unpaired) electrons. The maximum atomic E-state index is 6.49. The Morgan fingerprint density at radius 1 is 0.359 bits per heavy atom. The molecule has 3 aromatic heterocycles. The zero-order chi connectivity index (χ0) is 51.7. The number of hydrogen-bond acceptors (Lipinski definition) is 3. The Labute approximate surface area is 451 Å². The average molecular weight is 1000 g/mol. The Hall–Kier alpha value is -10.4. The first kappa shape index (κ1) is 45.1. The van der Waals surface area contributed by atoms with Crippen molar-refractivity contribution < 1.29 is 9.15 Å². The predicted molar refractivity (Wildman–Crippen MR) is 326 cm³/mol. The molecule has 0 bridgehead atoms. The van der Waals surface area contributed by atoms with Gasteiger partial charge >= 0.3 is 0 Å². The molecule has 0 spiro atoms. The molecule has 15 rings (SSSR count). The Kier molecular flexibility index (Phi) is 10.7. The van der Waals surface area contributed by atoms with Gasteiger partial charge in [-0.05, 0) is 154 Å². The molecule has 0 fully saturated rings. The van der Waals surface area contributed by atoms with E-state index in [1.807, 2.05) is 36.4 Å². The highest BCUT2D eigenvalue weighted by Crippen LogP contribution is 2.44. The summed E-state index contributed by atoms with van der Waals surface area (Å²) in [5, 5.41) is 7.08. The maximum Gasteiger partial charge on any atom is 0.137 e. The standard InChI is InChI=1S/C73H49N3O2/c1-48-17-5-4-16-40-77-72-46-58(34-38-60(48)72)74(59-35-39-66-65-24-12-15-27-71(65)78-73(66)47-59)57-32-28-49(29-33-57)52-41-53(50-30-36-63-61-22-10-13-25-67(61)75(69(63)44-50)55-18-6-2-7-19-55)43-54(42-52)51-31-37-64-62-23-11-14-26-68(62)76(70(64)45-51)56-20-8-3-9-21-56/h2-39,41-47H,1,40H2/b16-4-,17-5-. The van der Waals surface area contributed by atoms with Crippen molar-refractivity contribution in [1.82, 2.24) is 9.13 Å². The third-order valence-electron chi connectivity index (χ3n) is 15.5. The van der Waals surface area contributed by atoms with E-state index in [4.69, 9.17) is 9.15 Å². The van der Waals surface area contributed by atoms with Gasteiger partial charge in [-0.3, -0.25) is 0 Å². The number of furan rings is 1. The summed E-state index contributed by atoms with van der Waals surface area (Å²) < 4.78 is 17.7. The molecule has 5 nitrogen and oxygen atoms in total. The van der Waals surface area contributed by atoms with Crippen molar-refractivity contribution in [3.63, 3.8) is 0 Å². The lowest BCUT2D eigenvalue weighted by molar-refractivity contribution is 0.362. The molecule has 0 saturated carbocycles. The quantitative estimate of drug-likeness (QED) is 0.152. The molecule has 1 aliphatic rings. The minimum Gasteiger partial charge on any atom is -0.489 e. The van der Waals surface area contributed by atoms with E-state index in [9.17, 15) is 0 Å². The van der Waals surface area contributed by atoms with Crippen LogP contribution in [0.1, 0.15) is 5.56 Å². The molecule has 0 aliphatic carbocycles. The van der Waals surface area contributed by atoms with Crippen LogP contribution in [0, 0.1) is 0 Å². The molecule has 1 aliphatic heterocycles. The van der Waals surface area contributed by atoms with E-state index >= 15 is 0 Å². The molecule has 14 aromatic rings. The molecule has 11 aromatic carbocycles. The van der Waals surface area contributed by atoms with Crippen LogP contribution in [0.15, 0.2) is 284 Å². The summed E-state index contributed by atoms with van der Waals surface area (Å²) in [7, 11) is 0. The van der Waals surface area contributed by atoms with Gasteiger partial charge in [-0.1, -0.05) is 152 Å². The van der Waals surface area contributed by atoms with Crippen LogP contribution in [-0.4, -0.2) is 15.7 Å². The van der Waals surface area contributed by atoms with E-state index in [1.165, 1.54) is 32.6 Å². The van der Waals surface area contributed by atoms with Gasteiger partial charge in [0.05, 0.1) is 22.1 Å². The van der Waals surface area contributed by atoms with Gasteiger partial charge in [-0.15, -0.1) is 0 Å². The van der Waals surface area contributed by atoms with Crippen LogP contribution >= 0.6 is 0 Å². The van der Waals surface area contributed by atoms with Gasteiger partial charge in [0.1, 0.15) is 23.5 Å². The molecular formula is C73H49N3O2. The van der Waals surface area contributed by atoms with Crippen LogP contribution in [0.5, 0.6) is 5.75 Å². The van der Waals surface area contributed by atoms with Crippen LogP contribution < -0.4 is 9.64 Å². The lowest BCUT2D eigenvalue weighted by Gasteiger charge is -2.27. The molecular weight excluding hydrogens is 951 g/mol. The lowest BCUT2D eigenvalue weighted by Crippen LogP contribution is -2.10. The molecule has 78 heavy (non-hydrogen) atoms. The van der Waals surface area contributed by atoms with Crippen LogP contribution in [0.25, 0.3) is 116 Å². The fraction of sp³-hybridized carbons (Fsp3) is 0.0137. The van der Waals surface area contributed by atoms with Gasteiger partial charge in [0.15, 0.2) is 0 Å². The van der Waals surface area contributed by atoms with E-state index < -0.39 is 0 Å². The number of aromatic nitrogens is 2. The molecule has 0 atom stereocenters. The number of nitrogens with zero attached hydrogens (tertiary/aromatic N) is 3. The SMILES string of the molecule is C=C1/C=C\C=C/COc2cc(N(c3ccc(-c4cc(-c5ccc6c7ccccc7n(-c7ccccc7)c6c5)cc(-c5ccc6c7ccccc7n(-c7ccccc7)c6c5)c4)cc3)c3ccc4c(c3)oc3ccccc34)ccc21. The van der Waals surface area contributed by atoms with Gasteiger partial charge in [-0.2, -0.15) is 0 Å². The minimum atomic E-state index is 0.448. The second-order valence-electron chi connectivity index (χ2n) is 20.1. The number of rotatable bonds is 8. The molecule has 0 amide bonds. The Morgan fingerprint density at radius 2 is 0.846 bits per heavy atom. The highest BCUT2D eigenvalue weighted by atomic mass is 16.5. The molecule has 5 heteroatoms. The third-order valence-corrected chi connectivity index (χ3v) is 15.5. The zero-order valence-corrected chi connectivity index (χ0v) is 42.6. The summed E-state index contributed by atoms with van der Waals surface area (Å²) in [4.78, 5) is 2.28. The van der Waals surface area contributed by atoms with Crippen LogP contribution in [0.2, 0.25) is 0 Å². The Bertz CT molecular complexity index is 4570. The third kappa shape index (κ3) is 7.63. The number of allylic oxidation sites excluding steroid dienone is 4. The molecule has 368 valence electrons. The highest BCUT2D eigenvalue weighted by Gasteiger charge is 2.21. The average Bonchev–Trinajstić information content (AvgIpc) is 4.32. The fourth-order valence-corrected chi connectivity index (χ4v) is 11.8. The van der Waals surface area contributed by atoms with Crippen molar-refractivity contribution in [3.8, 4) is 50.5 Å². The first-order chi connectivity index (χ1) is 38.6. The van der Waals surface area contributed by atoms with Gasteiger partial charge in [0.25, 0.3) is 0 Å². The minimum absolute atomic E-state index is 0.448. The van der Waals surface area contributed by atoms with Crippen molar-refractivity contribution in [3.05, 3.63) is 285 Å². The van der Waals surface area contributed by atoms with Gasteiger partial charge in [0, 0.05) is 78.5 Å². The van der Waals surface area contributed by atoms with Crippen molar-refractivity contribution >= 4 is 88.2 Å². The van der Waals surface area contributed by atoms with E-state index in [0.717, 1.165) is 112 Å². The summed E-state index contributed by atoms with van der Waals surface area (Å²) in [6.07, 6.45) is 8.06. The monoisotopic (exact) mass is 999 g/mol. The van der Waals surface area contributed by atoms with Crippen LogP contribution in [0.3, 0.4) is 0 Å². The smallest absolute Gasteiger partial charge is 0.137 e.